The van der Waals surface area contributed by atoms with Crippen LogP contribution in [0.5, 0.6) is 0 Å². The van der Waals surface area contributed by atoms with Gasteiger partial charge in [-0.15, -0.1) is 0 Å². The highest BCUT2D eigenvalue weighted by Gasteiger charge is 2.34. The van der Waals surface area contributed by atoms with Crippen LogP contribution in [0.15, 0.2) is 0 Å². The minimum absolute atomic E-state index is 0.324. The van der Waals surface area contributed by atoms with Crippen LogP contribution in [0.2, 0.25) is 0 Å². The van der Waals surface area contributed by atoms with Crippen molar-refractivity contribution in [3.63, 3.8) is 0 Å². The van der Waals surface area contributed by atoms with E-state index in [2.05, 4.69) is 20.7 Å². The lowest BCUT2D eigenvalue weighted by Gasteiger charge is -2.23. The summed E-state index contributed by atoms with van der Waals surface area (Å²) in [6.45, 7) is 5.94. The Kier molecular flexibility index (Phi) is 7.43. The van der Waals surface area contributed by atoms with Crippen molar-refractivity contribution in [2.75, 3.05) is 13.7 Å². The third-order valence-electron chi connectivity index (χ3n) is 2.43. The van der Waals surface area contributed by atoms with Crippen LogP contribution in [-0.2, 0) is 19.1 Å². The second kappa shape index (κ2) is 7.69. The maximum Gasteiger partial charge on any atom is 0.319 e. The maximum atomic E-state index is 11.6. The van der Waals surface area contributed by atoms with Gasteiger partial charge in [-0.25, -0.2) is 0 Å². The van der Waals surface area contributed by atoms with Gasteiger partial charge in [-0.1, -0.05) is 29.3 Å². The normalized spacial score (nSPS) is 13.0. The van der Waals surface area contributed by atoms with Crippen molar-refractivity contribution in [1.29, 1.82) is 0 Å². The summed E-state index contributed by atoms with van der Waals surface area (Å²) in [5, 5.41) is 0. The molecule has 100 valence electrons. The molecule has 0 aromatic rings. The molecule has 0 saturated heterocycles. The van der Waals surface area contributed by atoms with Crippen LogP contribution in [0.1, 0.15) is 40.0 Å². The molecule has 5 heteroatoms. The molecule has 1 atom stereocenters. The summed E-state index contributed by atoms with van der Waals surface area (Å²) < 4.78 is 9.75. The summed E-state index contributed by atoms with van der Waals surface area (Å²) in [5.41, 5.74) is -0.702. The van der Waals surface area contributed by atoms with Crippen LogP contribution in [0.4, 0.5) is 0 Å². The first-order valence-electron chi connectivity index (χ1n) is 5.74. The van der Waals surface area contributed by atoms with Gasteiger partial charge in [0.05, 0.1) is 19.1 Å². The maximum absolute atomic E-state index is 11.6. The summed E-state index contributed by atoms with van der Waals surface area (Å²) in [5.74, 6) is -0.654. The fourth-order valence-electron chi connectivity index (χ4n) is 1.30. The van der Waals surface area contributed by atoms with Gasteiger partial charge in [0, 0.05) is 0 Å². The van der Waals surface area contributed by atoms with E-state index in [0.717, 1.165) is 12.8 Å². The van der Waals surface area contributed by atoms with Crippen LogP contribution >= 0.6 is 15.9 Å². The average molecular weight is 309 g/mol. The second-order valence-corrected chi connectivity index (χ2v) is 5.67. The van der Waals surface area contributed by atoms with E-state index < -0.39 is 10.2 Å². The number of hydrogen-bond acceptors (Lipinski definition) is 4. The predicted octanol–water partition coefficient (Wildman–Crippen LogP) is 2.68. The van der Waals surface area contributed by atoms with Crippen molar-refractivity contribution in [3.8, 4) is 0 Å². The Morgan fingerprint density at radius 1 is 1.35 bits per heavy atom. The van der Waals surface area contributed by atoms with E-state index in [1.54, 1.807) is 13.8 Å². The first-order valence-corrected chi connectivity index (χ1v) is 6.65. The zero-order valence-electron chi connectivity index (χ0n) is 10.9. The number of alkyl halides is 1. The first-order chi connectivity index (χ1) is 7.85. The molecule has 0 amide bonds. The molecule has 0 spiro atoms. The Bertz CT molecular complexity index is 263. The molecular weight excluding hydrogens is 288 g/mol. The van der Waals surface area contributed by atoms with E-state index in [4.69, 9.17) is 4.74 Å². The molecule has 1 unspecified atom stereocenters. The van der Waals surface area contributed by atoms with Crippen molar-refractivity contribution in [2.24, 2.45) is 5.41 Å². The van der Waals surface area contributed by atoms with E-state index in [0.29, 0.717) is 13.0 Å². The smallest absolute Gasteiger partial charge is 0.319 e. The number of unbranched alkanes of at least 4 members (excludes halogenated alkanes) is 1. The number of carbonyl (C=O) groups excluding carboxylic acids is 2. The third kappa shape index (κ3) is 6.05. The fourth-order valence-corrected chi connectivity index (χ4v) is 2.24. The van der Waals surface area contributed by atoms with Crippen LogP contribution in [0, 0.1) is 5.41 Å². The fraction of sp³-hybridized carbons (Fsp3) is 0.833. The highest BCUT2D eigenvalue weighted by Crippen LogP contribution is 2.27. The average Bonchev–Trinajstić information content (AvgIpc) is 2.27. The van der Waals surface area contributed by atoms with Gasteiger partial charge in [0.1, 0.15) is 4.83 Å². The zero-order chi connectivity index (χ0) is 13.5. The Hall–Kier alpha value is -0.580. The SMILES string of the molecule is CCCCOC(=O)C(Br)CC(C)(C)C(=O)OC. The van der Waals surface area contributed by atoms with Crippen molar-refractivity contribution < 1.29 is 19.1 Å². The molecule has 4 nitrogen and oxygen atoms in total. The number of carbonyl (C=O) groups is 2. The lowest BCUT2D eigenvalue weighted by molar-refractivity contribution is -0.152. The van der Waals surface area contributed by atoms with Crippen molar-refractivity contribution in [3.05, 3.63) is 0 Å². The van der Waals surface area contributed by atoms with E-state index in [-0.39, 0.29) is 11.9 Å². The van der Waals surface area contributed by atoms with E-state index >= 15 is 0 Å². The van der Waals surface area contributed by atoms with Gasteiger partial charge < -0.3 is 9.47 Å². The molecule has 0 N–H and O–H groups in total. The molecule has 0 saturated carbocycles. The molecular formula is C12H21BrO4. The summed E-state index contributed by atoms with van der Waals surface area (Å²) in [6.07, 6.45) is 2.18. The number of rotatable bonds is 7. The van der Waals surface area contributed by atoms with E-state index in [9.17, 15) is 9.59 Å². The predicted molar refractivity (Wildman–Crippen MR) is 69.0 cm³/mol. The van der Waals surface area contributed by atoms with Gasteiger partial charge in [-0.05, 0) is 26.7 Å². The molecule has 0 bridgehead atoms. The quantitative estimate of drug-likeness (QED) is 0.412. The number of hydrogen-bond donors (Lipinski definition) is 0. The lowest BCUT2D eigenvalue weighted by Crippen LogP contribution is -2.32. The van der Waals surface area contributed by atoms with Gasteiger partial charge in [0.15, 0.2) is 0 Å². The molecule has 0 aromatic heterocycles. The molecule has 0 rings (SSSR count). The number of methoxy groups -OCH3 is 1. The second-order valence-electron chi connectivity index (χ2n) is 4.57. The van der Waals surface area contributed by atoms with Crippen LogP contribution in [0.3, 0.4) is 0 Å². The molecule has 0 radical (unpaired) electrons. The largest absolute Gasteiger partial charge is 0.469 e. The standard InChI is InChI=1S/C12H21BrO4/c1-5-6-7-17-10(14)9(13)8-12(2,3)11(15)16-4/h9H,5-8H2,1-4H3. The van der Waals surface area contributed by atoms with E-state index in [1.165, 1.54) is 7.11 Å². The number of halogens is 1. The summed E-state index contributed by atoms with van der Waals surface area (Å²) >= 11 is 3.25. The highest BCUT2D eigenvalue weighted by atomic mass is 79.9. The molecule has 0 aliphatic heterocycles. The molecule has 0 aliphatic carbocycles. The Labute approximate surface area is 111 Å². The van der Waals surface area contributed by atoms with Crippen molar-refractivity contribution >= 4 is 27.9 Å². The molecule has 0 aromatic carbocycles. The van der Waals surface area contributed by atoms with Crippen molar-refractivity contribution in [2.45, 2.75) is 44.9 Å². The first kappa shape index (κ1) is 16.4. The highest BCUT2D eigenvalue weighted by molar-refractivity contribution is 9.10. The topological polar surface area (TPSA) is 52.6 Å². The van der Waals surface area contributed by atoms with Crippen LogP contribution in [-0.4, -0.2) is 30.5 Å². The molecule has 0 fully saturated rings. The van der Waals surface area contributed by atoms with Gasteiger partial charge in [0.2, 0.25) is 0 Å². The van der Waals surface area contributed by atoms with Gasteiger partial charge >= 0.3 is 11.9 Å². The zero-order valence-corrected chi connectivity index (χ0v) is 12.5. The Morgan fingerprint density at radius 2 is 1.94 bits per heavy atom. The third-order valence-corrected chi connectivity index (χ3v) is 3.12. The Balaban J connectivity index is 4.19. The van der Waals surface area contributed by atoms with Crippen LogP contribution in [0.25, 0.3) is 0 Å². The van der Waals surface area contributed by atoms with Crippen LogP contribution < -0.4 is 0 Å². The minimum atomic E-state index is -0.702. The minimum Gasteiger partial charge on any atom is -0.469 e. The molecule has 0 aliphatic rings. The monoisotopic (exact) mass is 308 g/mol. The summed E-state index contributed by atoms with van der Waals surface area (Å²) in [6, 6.07) is 0. The lowest BCUT2D eigenvalue weighted by atomic mass is 9.88. The van der Waals surface area contributed by atoms with Gasteiger partial charge in [0.25, 0.3) is 0 Å². The number of esters is 2. The molecule has 17 heavy (non-hydrogen) atoms. The summed E-state index contributed by atoms with van der Waals surface area (Å²) in [7, 11) is 1.34. The van der Waals surface area contributed by atoms with Gasteiger partial charge in [-0.2, -0.15) is 0 Å². The van der Waals surface area contributed by atoms with E-state index in [1.807, 2.05) is 6.92 Å². The summed E-state index contributed by atoms with van der Waals surface area (Å²) in [4.78, 5) is 22.6. The van der Waals surface area contributed by atoms with Gasteiger partial charge in [-0.3, -0.25) is 9.59 Å². The number of ether oxygens (including phenoxy) is 2. The molecule has 0 heterocycles. The Morgan fingerprint density at radius 3 is 2.41 bits per heavy atom. The van der Waals surface area contributed by atoms with Crippen molar-refractivity contribution in [1.82, 2.24) is 0 Å².